The largest absolute Gasteiger partial charge is 0.319 e. The monoisotopic (exact) mass is 412 g/mol. The Kier molecular flexibility index (Phi) is 4.72. The molecular weight excluding hydrogens is 402 g/mol. The standard InChI is InChI=1S/C15H11BrF2N4OS/c1-22-6-8(12(21-22)13(17)18)11-7-24-15(20-11)14(23)19-10-5-3-2-4-9(10)16/h2-7,13H,1H3,(H,19,23). The number of rotatable bonds is 4. The highest BCUT2D eigenvalue weighted by Crippen LogP contribution is 2.31. The van der Waals surface area contributed by atoms with Crippen molar-refractivity contribution in [2.75, 3.05) is 5.32 Å². The minimum atomic E-state index is -2.71. The van der Waals surface area contributed by atoms with Gasteiger partial charge in [0.2, 0.25) is 0 Å². The van der Waals surface area contributed by atoms with Crippen LogP contribution < -0.4 is 5.32 Å². The van der Waals surface area contributed by atoms with Gasteiger partial charge in [0.25, 0.3) is 12.3 Å². The van der Waals surface area contributed by atoms with E-state index in [-0.39, 0.29) is 16.3 Å². The number of para-hydroxylation sites is 1. The Morgan fingerprint density at radius 1 is 1.38 bits per heavy atom. The Morgan fingerprint density at radius 3 is 2.83 bits per heavy atom. The lowest BCUT2D eigenvalue weighted by Gasteiger charge is -2.04. The average molecular weight is 413 g/mol. The third kappa shape index (κ3) is 3.36. The second-order valence-corrected chi connectivity index (χ2v) is 6.59. The van der Waals surface area contributed by atoms with E-state index in [1.807, 2.05) is 6.07 Å². The maximum absolute atomic E-state index is 13.0. The number of aryl methyl sites for hydroxylation is 1. The van der Waals surface area contributed by atoms with Crippen LogP contribution in [0.4, 0.5) is 14.5 Å². The summed E-state index contributed by atoms with van der Waals surface area (Å²) in [6.07, 6.45) is -1.24. The minimum absolute atomic E-state index is 0.185. The summed E-state index contributed by atoms with van der Waals surface area (Å²) >= 11 is 4.43. The van der Waals surface area contributed by atoms with Crippen LogP contribution in [0, 0.1) is 0 Å². The number of carbonyl (C=O) groups is 1. The number of thiazole rings is 1. The van der Waals surface area contributed by atoms with Gasteiger partial charge < -0.3 is 5.32 Å². The molecule has 0 atom stereocenters. The number of nitrogens with zero attached hydrogens (tertiary/aromatic N) is 3. The molecule has 0 fully saturated rings. The van der Waals surface area contributed by atoms with Gasteiger partial charge in [-0.2, -0.15) is 5.10 Å². The fourth-order valence-electron chi connectivity index (χ4n) is 2.10. The fraction of sp³-hybridized carbons (Fsp3) is 0.133. The summed E-state index contributed by atoms with van der Waals surface area (Å²) in [5.41, 5.74) is 0.791. The van der Waals surface area contributed by atoms with Gasteiger partial charge in [-0.25, -0.2) is 13.8 Å². The third-order valence-corrected chi connectivity index (χ3v) is 4.69. The Balaban J connectivity index is 1.86. The van der Waals surface area contributed by atoms with E-state index in [9.17, 15) is 13.6 Å². The van der Waals surface area contributed by atoms with Crippen molar-refractivity contribution in [3.63, 3.8) is 0 Å². The van der Waals surface area contributed by atoms with Gasteiger partial charge in [-0.05, 0) is 28.1 Å². The van der Waals surface area contributed by atoms with Gasteiger partial charge in [0.1, 0.15) is 5.69 Å². The van der Waals surface area contributed by atoms with Crippen molar-refractivity contribution < 1.29 is 13.6 Å². The first kappa shape index (κ1) is 16.7. The number of nitrogens with one attached hydrogen (secondary N) is 1. The predicted molar refractivity (Wildman–Crippen MR) is 91.4 cm³/mol. The first-order valence-electron chi connectivity index (χ1n) is 6.79. The van der Waals surface area contributed by atoms with E-state index in [1.165, 1.54) is 10.9 Å². The lowest BCUT2D eigenvalue weighted by atomic mass is 10.2. The maximum atomic E-state index is 13.0. The van der Waals surface area contributed by atoms with Crippen molar-refractivity contribution in [3.8, 4) is 11.3 Å². The molecule has 0 unspecified atom stereocenters. The number of amides is 1. The molecule has 0 aliphatic heterocycles. The molecule has 0 saturated carbocycles. The summed E-state index contributed by atoms with van der Waals surface area (Å²) in [7, 11) is 1.56. The smallest absolute Gasteiger partial charge is 0.284 e. The number of anilines is 1. The molecule has 3 rings (SSSR count). The number of halogens is 3. The van der Waals surface area contributed by atoms with Crippen molar-refractivity contribution in [1.29, 1.82) is 0 Å². The molecule has 1 amide bonds. The van der Waals surface area contributed by atoms with E-state index in [0.29, 0.717) is 11.4 Å². The van der Waals surface area contributed by atoms with Crippen molar-refractivity contribution in [3.05, 3.63) is 51.0 Å². The normalized spacial score (nSPS) is 11.0. The minimum Gasteiger partial charge on any atom is -0.319 e. The van der Waals surface area contributed by atoms with Crippen LogP contribution in [0.5, 0.6) is 0 Å². The van der Waals surface area contributed by atoms with Crippen molar-refractivity contribution in [1.82, 2.24) is 14.8 Å². The van der Waals surface area contributed by atoms with E-state index in [2.05, 4.69) is 31.3 Å². The van der Waals surface area contributed by atoms with Gasteiger partial charge in [-0.1, -0.05) is 12.1 Å². The van der Waals surface area contributed by atoms with Gasteiger partial charge in [-0.15, -0.1) is 11.3 Å². The summed E-state index contributed by atoms with van der Waals surface area (Å²) in [5, 5.41) is 8.22. The highest BCUT2D eigenvalue weighted by molar-refractivity contribution is 9.10. The van der Waals surface area contributed by atoms with Crippen LogP contribution in [-0.2, 0) is 7.05 Å². The average Bonchev–Trinajstić information content (AvgIpc) is 3.16. The van der Waals surface area contributed by atoms with Gasteiger partial charge in [0.05, 0.1) is 11.4 Å². The van der Waals surface area contributed by atoms with Crippen LogP contribution in [0.3, 0.4) is 0 Å². The zero-order chi connectivity index (χ0) is 17.3. The summed E-state index contributed by atoms with van der Waals surface area (Å²) in [6.45, 7) is 0. The first-order valence-corrected chi connectivity index (χ1v) is 8.46. The van der Waals surface area contributed by atoms with E-state index in [4.69, 9.17) is 0 Å². The summed E-state index contributed by atoms with van der Waals surface area (Å²) in [4.78, 5) is 16.4. The molecule has 5 nitrogen and oxygen atoms in total. The van der Waals surface area contributed by atoms with E-state index in [1.54, 1.807) is 30.6 Å². The molecule has 9 heteroatoms. The molecule has 0 radical (unpaired) electrons. The highest BCUT2D eigenvalue weighted by Gasteiger charge is 2.22. The van der Waals surface area contributed by atoms with Crippen LogP contribution in [0.1, 0.15) is 21.9 Å². The van der Waals surface area contributed by atoms with Crippen LogP contribution in [0.25, 0.3) is 11.3 Å². The van der Waals surface area contributed by atoms with Crippen LogP contribution in [-0.4, -0.2) is 20.7 Å². The van der Waals surface area contributed by atoms with Crippen LogP contribution >= 0.6 is 27.3 Å². The molecule has 124 valence electrons. The van der Waals surface area contributed by atoms with Crippen molar-refractivity contribution >= 4 is 38.9 Å². The SMILES string of the molecule is Cn1cc(-c2csc(C(=O)Nc3ccccc3Br)n2)c(C(F)F)n1. The van der Waals surface area contributed by atoms with Crippen molar-refractivity contribution in [2.24, 2.45) is 7.05 Å². The van der Waals surface area contributed by atoms with Crippen molar-refractivity contribution in [2.45, 2.75) is 6.43 Å². The molecular formula is C15H11BrF2N4OS. The molecule has 0 aliphatic rings. The zero-order valence-electron chi connectivity index (χ0n) is 12.3. The predicted octanol–water partition coefficient (Wildman–Crippen LogP) is 4.50. The number of carbonyl (C=O) groups excluding carboxylic acids is 1. The Morgan fingerprint density at radius 2 is 2.12 bits per heavy atom. The number of benzene rings is 1. The lowest BCUT2D eigenvalue weighted by Crippen LogP contribution is -2.11. The molecule has 1 N–H and O–H groups in total. The first-order chi connectivity index (χ1) is 11.5. The molecule has 3 aromatic rings. The molecule has 0 saturated heterocycles. The fourth-order valence-corrected chi connectivity index (χ4v) is 3.20. The number of hydrogen-bond acceptors (Lipinski definition) is 4. The van der Waals surface area contributed by atoms with E-state index in [0.717, 1.165) is 15.8 Å². The second-order valence-electron chi connectivity index (χ2n) is 4.87. The number of hydrogen-bond donors (Lipinski definition) is 1. The van der Waals surface area contributed by atoms with E-state index >= 15 is 0 Å². The molecule has 1 aromatic carbocycles. The quantitative estimate of drug-likeness (QED) is 0.686. The second kappa shape index (κ2) is 6.78. The van der Waals surface area contributed by atoms with E-state index < -0.39 is 12.3 Å². The van der Waals surface area contributed by atoms with Gasteiger partial charge in [-0.3, -0.25) is 9.48 Å². The molecule has 0 aliphatic carbocycles. The highest BCUT2D eigenvalue weighted by atomic mass is 79.9. The molecule has 0 bridgehead atoms. The number of aromatic nitrogens is 3. The Hall–Kier alpha value is -2.13. The van der Waals surface area contributed by atoms with Gasteiger partial charge in [0, 0.05) is 28.7 Å². The topological polar surface area (TPSA) is 59.8 Å². The molecule has 2 heterocycles. The maximum Gasteiger partial charge on any atom is 0.284 e. The number of alkyl halides is 2. The zero-order valence-corrected chi connectivity index (χ0v) is 14.7. The molecule has 24 heavy (non-hydrogen) atoms. The Labute approximate surface area is 148 Å². The van der Waals surface area contributed by atoms with Gasteiger partial charge in [0.15, 0.2) is 5.01 Å². The lowest BCUT2D eigenvalue weighted by molar-refractivity contribution is 0.102. The summed E-state index contributed by atoms with van der Waals surface area (Å²) in [5.74, 6) is -0.402. The van der Waals surface area contributed by atoms with Gasteiger partial charge >= 0.3 is 0 Å². The third-order valence-electron chi connectivity index (χ3n) is 3.16. The summed E-state index contributed by atoms with van der Waals surface area (Å²) in [6, 6.07) is 7.16. The molecule has 0 spiro atoms. The Bertz CT molecular complexity index is 893. The van der Waals surface area contributed by atoms with Crippen LogP contribution in [0.15, 0.2) is 40.3 Å². The molecule has 2 aromatic heterocycles. The van der Waals surface area contributed by atoms with Crippen LogP contribution in [0.2, 0.25) is 0 Å². The summed E-state index contributed by atoms with van der Waals surface area (Å²) < 4.78 is 28.1.